The third-order valence-electron chi connectivity index (χ3n) is 6.08. The van der Waals surface area contributed by atoms with E-state index >= 15 is 0 Å². The second kappa shape index (κ2) is 29.0. The quantitative estimate of drug-likeness (QED) is 0.0504. The first-order valence-corrected chi connectivity index (χ1v) is 14.4. The number of unbranched alkanes of at least 4 members (excludes halogenated alkanes) is 6. The number of rotatable bonds is 16. The van der Waals surface area contributed by atoms with E-state index < -0.39 is 0 Å². The van der Waals surface area contributed by atoms with Gasteiger partial charge in [0.2, 0.25) is 11.8 Å². The fourth-order valence-corrected chi connectivity index (χ4v) is 3.83. The topological polar surface area (TPSA) is 115 Å². The Bertz CT molecular complexity index is 1290. The molecule has 7 nitrogen and oxygen atoms in total. The molecule has 0 unspecified atom stereocenters. The third kappa shape index (κ3) is 19.0. The van der Waals surface area contributed by atoms with Crippen LogP contribution < -0.4 is 15.4 Å². The standard InChI is InChI=1S/C27H28N3O3.C6H12.C3H4N.2U/c1-2-26(31)29-16-8-3-4-9-17-33-22-13-14-23-21(18-22)12-15-25(24(23)19-28)30-27(32)20-10-6-5-7-11-20;1-3-5-6-4-2;1-2-3-4;;/h2,6-7,10-15,18-19,28H,1,3-4,8-9,16-17H2,(H,29,31)(H,30,32);1-6H2;2,4H,1H2;;/q-1;-2;-1;2*+2. The smallest absolute Gasteiger partial charge is 0.494 e. The summed E-state index contributed by atoms with van der Waals surface area (Å²) in [5.41, 5.74) is 1.78. The zero-order valence-electron chi connectivity index (χ0n) is 26.1. The fourth-order valence-electron chi connectivity index (χ4n) is 3.83. The maximum Gasteiger partial charge on any atom is 2.00 e. The van der Waals surface area contributed by atoms with E-state index in [0.717, 1.165) is 55.0 Å². The molecule has 0 atom stereocenters. The second-order valence-electron chi connectivity index (χ2n) is 9.32. The minimum absolute atomic E-state index is 0. The SMILES string of the molecule is C=CC(=O)NCCCCCCOc1ccc2c(C=N)c(NC(=O)c3cc[c-]cc3)ccc2c1.C=C[C-]=N.[CH2-]CCCC[CH2-].[U+2].[U+2]. The molecular formula is C36H44N4O3U2. The summed E-state index contributed by atoms with van der Waals surface area (Å²) in [7, 11) is 0. The summed E-state index contributed by atoms with van der Waals surface area (Å²) in [5.74, 6) is 0.411. The summed E-state index contributed by atoms with van der Waals surface area (Å²) in [6.45, 7) is 15.3. The molecule has 4 N–H and O–H groups in total. The normalized spacial score (nSPS) is 9.29. The first-order chi connectivity index (χ1) is 20.9. The Morgan fingerprint density at radius 1 is 0.933 bits per heavy atom. The predicted octanol–water partition coefficient (Wildman–Crippen LogP) is 8.05. The maximum atomic E-state index is 12.5. The molecule has 3 aromatic carbocycles. The molecule has 0 heterocycles. The molecule has 0 bridgehead atoms. The number of hydrogen-bond donors (Lipinski definition) is 4. The molecule has 0 radical (unpaired) electrons. The molecule has 45 heavy (non-hydrogen) atoms. The largest absolute Gasteiger partial charge is 2.00 e. The van der Waals surface area contributed by atoms with E-state index in [4.69, 9.17) is 15.6 Å². The van der Waals surface area contributed by atoms with Gasteiger partial charge >= 0.3 is 62.2 Å². The van der Waals surface area contributed by atoms with E-state index in [0.29, 0.717) is 30.0 Å². The minimum Gasteiger partial charge on any atom is -0.494 e. The summed E-state index contributed by atoms with van der Waals surface area (Å²) in [6, 6.07) is 19.2. The van der Waals surface area contributed by atoms with Crippen LogP contribution in [0, 0.1) is 93.0 Å². The summed E-state index contributed by atoms with van der Waals surface area (Å²) in [4.78, 5) is 23.6. The van der Waals surface area contributed by atoms with E-state index in [1.807, 2.05) is 36.5 Å². The zero-order chi connectivity index (χ0) is 31.7. The van der Waals surface area contributed by atoms with Gasteiger partial charge in [-0.2, -0.15) is 49.4 Å². The van der Waals surface area contributed by atoms with Gasteiger partial charge in [-0.05, 0) is 54.0 Å². The fraction of sp³-hybridized carbons (Fsp3) is 0.278. The van der Waals surface area contributed by atoms with E-state index in [1.54, 1.807) is 24.3 Å². The second-order valence-corrected chi connectivity index (χ2v) is 9.32. The van der Waals surface area contributed by atoms with Gasteiger partial charge < -0.3 is 40.0 Å². The minimum atomic E-state index is -0.227. The van der Waals surface area contributed by atoms with Crippen LogP contribution in [0.1, 0.15) is 67.3 Å². The molecule has 0 aliphatic rings. The first kappa shape index (κ1) is 44.7. The van der Waals surface area contributed by atoms with Crippen LogP contribution >= 0.6 is 0 Å². The summed E-state index contributed by atoms with van der Waals surface area (Å²) >= 11 is 0. The Labute approximate surface area is 317 Å². The molecule has 2 amide bonds. The van der Waals surface area contributed by atoms with Crippen LogP contribution in [0.3, 0.4) is 0 Å². The van der Waals surface area contributed by atoms with Crippen LogP contribution in [0.5, 0.6) is 5.75 Å². The van der Waals surface area contributed by atoms with Gasteiger partial charge in [-0.25, -0.2) is 12.7 Å². The van der Waals surface area contributed by atoms with Gasteiger partial charge in [0, 0.05) is 18.3 Å². The van der Waals surface area contributed by atoms with Crippen molar-refractivity contribution in [2.45, 2.75) is 51.4 Å². The van der Waals surface area contributed by atoms with Crippen molar-refractivity contribution >= 4 is 40.7 Å². The number of ether oxygens (including phenoxy) is 1. The van der Waals surface area contributed by atoms with Gasteiger partial charge in [0.1, 0.15) is 5.75 Å². The molecule has 0 saturated heterocycles. The summed E-state index contributed by atoms with van der Waals surface area (Å²) < 4.78 is 5.89. The number of fused-ring (bicyclic) bond motifs is 1. The van der Waals surface area contributed by atoms with Crippen LogP contribution in [0.15, 0.2) is 79.9 Å². The van der Waals surface area contributed by atoms with Crippen molar-refractivity contribution in [3.63, 3.8) is 0 Å². The van der Waals surface area contributed by atoms with Gasteiger partial charge in [0.25, 0.3) is 0 Å². The number of nitrogens with one attached hydrogen (secondary N) is 4. The number of hydrogen-bond acceptors (Lipinski definition) is 5. The number of amides is 2. The number of carbonyl (C=O) groups excluding carboxylic acids is 2. The molecular weight excluding hydrogens is 1010 g/mol. The maximum absolute atomic E-state index is 12.5. The molecule has 0 saturated carbocycles. The zero-order valence-corrected chi connectivity index (χ0v) is 34.4. The van der Waals surface area contributed by atoms with Crippen LogP contribution in [0.25, 0.3) is 10.8 Å². The van der Waals surface area contributed by atoms with Crippen molar-refractivity contribution in [3.05, 3.63) is 111 Å². The van der Waals surface area contributed by atoms with Crippen molar-refractivity contribution in [1.29, 1.82) is 10.8 Å². The molecule has 3 rings (SSSR count). The first-order valence-electron chi connectivity index (χ1n) is 14.4. The van der Waals surface area contributed by atoms with Crippen molar-refractivity contribution in [2.75, 3.05) is 18.5 Å². The molecule has 0 aliphatic heterocycles. The van der Waals surface area contributed by atoms with E-state index in [9.17, 15) is 9.59 Å². The van der Waals surface area contributed by atoms with Crippen LogP contribution in [-0.4, -0.2) is 37.4 Å². The Kier molecular flexibility index (Phi) is 28.8. The number of benzene rings is 3. The number of anilines is 1. The van der Waals surface area contributed by atoms with Crippen LogP contribution in [-0.2, 0) is 4.79 Å². The van der Waals surface area contributed by atoms with Gasteiger partial charge in [-0.1, -0.05) is 43.9 Å². The third-order valence-corrected chi connectivity index (χ3v) is 6.08. The van der Waals surface area contributed by atoms with Gasteiger partial charge in [0.05, 0.1) is 12.3 Å². The molecule has 0 fully saturated rings. The van der Waals surface area contributed by atoms with Gasteiger partial charge in [-0.3, -0.25) is 9.59 Å². The van der Waals surface area contributed by atoms with Gasteiger partial charge in [0.15, 0.2) is 0 Å². The average molecular weight is 1060 g/mol. The number of allylic oxidation sites excluding steroid dienone is 1. The van der Waals surface area contributed by atoms with Crippen LogP contribution in [0.4, 0.5) is 5.69 Å². The molecule has 0 aliphatic carbocycles. The van der Waals surface area contributed by atoms with Crippen molar-refractivity contribution in [1.82, 2.24) is 5.32 Å². The van der Waals surface area contributed by atoms with Gasteiger partial charge in [-0.15, -0.1) is 0 Å². The average Bonchev–Trinajstić information content (AvgIpc) is 3.05. The predicted molar refractivity (Wildman–Crippen MR) is 179 cm³/mol. The Balaban J connectivity index is 0. The molecule has 9 heteroatoms. The van der Waals surface area contributed by atoms with Crippen LogP contribution in [0.2, 0.25) is 0 Å². The van der Waals surface area contributed by atoms with E-state index in [1.165, 1.54) is 31.2 Å². The summed E-state index contributed by atoms with van der Waals surface area (Å²) in [5, 5.41) is 21.4. The van der Waals surface area contributed by atoms with Crippen molar-refractivity contribution in [3.8, 4) is 5.75 Å². The monoisotopic (exact) mass is 1060 g/mol. The summed E-state index contributed by atoms with van der Waals surface area (Å²) in [6.07, 6.45) is 14.3. The van der Waals surface area contributed by atoms with Crippen molar-refractivity contribution in [2.24, 2.45) is 0 Å². The van der Waals surface area contributed by atoms with Crippen molar-refractivity contribution < 1.29 is 76.6 Å². The molecule has 234 valence electrons. The number of carbonyl (C=O) groups is 2. The Morgan fingerprint density at radius 3 is 2.16 bits per heavy atom. The van der Waals surface area contributed by atoms with E-state index in [2.05, 4.69) is 43.7 Å². The van der Waals surface area contributed by atoms with E-state index in [-0.39, 0.29) is 74.0 Å². The molecule has 0 aromatic heterocycles. The Hall–Kier alpha value is -2.42. The Morgan fingerprint density at radius 2 is 1.58 bits per heavy atom. The molecule has 3 aromatic rings. The molecule has 0 spiro atoms.